The van der Waals surface area contributed by atoms with Crippen molar-refractivity contribution in [2.75, 3.05) is 26.7 Å². The standard InChI is InChI=1S/C16H23FN2O/c1-20-14-6-4-5-13(15(14)17)11-19-10-9-18-12-16(19)7-2-3-8-16/h4-6,18H,2-3,7-12H2,1H3. The second kappa shape index (κ2) is 5.70. The molecule has 2 aliphatic rings. The van der Waals surface area contributed by atoms with E-state index in [0.29, 0.717) is 12.3 Å². The van der Waals surface area contributed by atoms with Crippen LogP contribution in [-0.2, 0) is 6.54 Å². The Kier molecular flexibility index (Phi) is 3.94. The molecule has 1 spiro atoms. The van der Waals surface area contributed by atoms with E-state index < -0.39 is 0 Å². The smallest absolute Gasteiger partial charge is 0.169 e. The van der Waals surface area contributed by atoms with E-state index >= 15 is 0 Å². The molecule has 0 amide bonds. The highest BCUT2D eigenvalue weighted by Gasteiger charge is 2.41. The highest BCUT2D eigenvalue weighted by atomic mass is 19.1. The van der Waals surface area contributed by atoms with E-state index in [9.17, 15) is 4.39 Å². The number of hydrogen-bond donors (Lipinski definition) is 1. The van der Waals surface area contributed by atoms with Gasteiger partial charge in [0.2, 0.25) is 0 Å². The fourth-order valence-electron chi connectivity index (χ4n) is 3.70. The molecule has 110 valence electrons. The molecule has 2 fully saturated rings. The van der Waals surface area contributed by atoms with Gasteiger partial charge < -0.3 is 10.1 Å². The minimum atomic E-state index is -0.207. The minimum Gasteiger partial charge on any atom is -0.494 e. The molecule has 0 aromatic heterocycles. The molecule has 1 heterocycles. The number of piperazine rings is 1. The maximum absolute atomic E-state index is 14.3. The molecule has 0 radical (unpaired) electrons. The Morgan fingerprint density at radius 2 is 2.15 bits per heavy atom. The van der Waals surface area contributed by atoms with Crippen LogP contribution in [0.15, 0.2) is 18.2 Å². The van der Waals surface area contributed by atoms with Crippen molar-refractivity contribution in [2.24, 2.45) is 0 Å². The van der Waals surface area contributed by atoms with E-state index in [4.69, 9.17) is 4.74 Å². The first-order valence-electron chi connectivity index (χ1n) is 7.52. The van der Waals surface area contributed by atoms with Crippen molar-refractivity contribution < 1.29 is 9.13 Å². The Morgan fingerprint density at radius 1 is 1.35 bits per heavy atom. The van der Waals surface area contributed by atoms with Crippen molar-refractivity contribution in [3.8, 4) is 5.75 Å². The summed E-state index contributed by atoms with van der Waals surface area (Å²) < 4.78 is 19.4. The summed E-state index contributed by atoms with van der Waals surface area (Å²) in [6.45, 7) is 3.72. The number of ether oxygens (including phenoxy) is 1. The van der Waals surface area contributed by atoms with Crippen molar-refractivity contribution in [2.45, 2.75) is 37.8 Å². The average Bonchev–Trinajstić information content (AvgIpc) is 2.93. The van der Waals surface area contributed by atoms with Crippen LogP contribution in [0.4, 0.5) is 4.39 Å². The number of nitrogens with zero attached hydrogens (tertiary/aromatic N) is 1. The number of halogens is 1. The van der Waals surface area contributed by atoms with Crippen molar-refractivity contribution in [1.29, 1.82) is 0 Å². The Bertz CT molecular complexity index is 472. The number of rotatable bonds is 3. The molecular formula is C16H23FN2O. The van der Waals surface area contributed by atoms with E-state index in [-0.39, 0.29) is 11.4 Å². The van der Waals surface area contributed by atoms with E-state index in [0.717, 1.165) is 25.2 Å². The molecule has 3 nitrogen and oxygen atoms in total. The largest absolute Gasteiger partial charge is 0.494 e. The lowest BCUT2D eigenvalue weighted by atomic mass is 9.92. The van der Waals surface area contributed by atoms with Gasteiger partial charge in [-0.05, 0) is 18.9 Å². The maximum Gasteiger partial charge on any atom is 0.169 e. The molecule has 0 bridgehead atoms. The van der Waals surface area contributed by atoms with Crippen LogP contribution in [0.5, 0.6) is 5.75 Å². The van der Waals surface area contributed by atoms with Crippen molar-refractivity contribution in [1.82, 2.24) is 10.2 Å². The third-order valence-electron chi connectivity index (χ3n) is 4.84. The molecule has 0 unspecified atom stereocenters. The Labute approximate surface area is 120 Å². The maximum atomic E-state index is 14.3. The monoisotopic (exact) mass is 278 g/mol. The first-order chi connectivity index (χ1) is 9.75. The van der Waals surface area contributed by atoms with Crippen molar-refractivity contribution in [3.05, 3.63) is 29.6 Å². The predicted octanol–water partition coefficient (Wildman–Crippen LogP) is 2.55. The lowest BCUT2D eigenvalue weighted by Crippen LogP contribution is -2.59. The second-order valence-electron chi connectivity index (χ2n) is 5.96. The van der Waals surface area contributed by atoms with Gasteiger partial charge in [0.15, 0.2) is 11.6 Å². The van der Waals surface area contributed by atoms with Crippen LogP contribution < -0.4 is 10.1 Å². The normalized spacial score (nSPS) is 22.3. The topological polar surface area (TPSA) is 24.5 Å². The fraction of sp³-hybridized carbons (Fsp3) is 0.625. The van der Waals surface area contributed by atoms with E-state index in [2.05, 4.69) is 10.2 Å². The van der Waals surface area contributed by atoms with E-state index in [1.807, 2.05) is 12.1 Å². The Balaban J connectivity index is 1.82. The SMILES string of the molecule is COc1cccc(CN2CCNCC23CCCC3)c1F. The number of nitrogens with one attached hydrogen (secondary N) is 1. The molecule has 3 rings (SSSR count). The Hall–Kier alpha value is -1.13. The van der Waals surface area contributed by atoms with Gasteiger partial charge in [-0.15, -0.1) is 0 Å². The van der Waals surface area contributed by atoms with Crippen LogP contribution in [0.1, 0.15) is 31.2 Å². The first-order valence-corrected chi connectivity index (χ1v) is 7.52. The molecule has 1 aliphatic carbocycles. The van der Waals surface area contributed by atoms with Gasteiger partial charge in [-0.2, -0.15) is 0 Å². The predicted molar refractivity (Wildman–Crippen MR) is 77.4 cm³/mol. The summed E-state index contributed by atoms with van der Waals surface area (Å²) in [5.74, 6) is 0.139. The van der Waals surface area contributed by atoms with Gasteiger partial charge in [-0.3, -0.25) is 4.90 Å². The molecule has 0 atom stereocenters. The number of hydrogen-bond acceptors (Lipinski definition) is 3. The van der Waals surface area contributed by atoms with Crippen LogP contribution in [0, 0.1) is 5.82 Å². The molecule has 4 heteroatoms. The third kappa shape index (κ3) is 2.42. The molecule has 1 aromatic carbocycles. The van der Waals surface area contributed by atoms with Crippen molar-refractivity contribution >= 4 is 0 Å². The molecule has 1 saturated carbocycles. The van der Waals surface area contributed by atoms with Gasteiger partial charge in [-0.1, -0.05) is 25.0 Å². The van der Waals surface area contributed by atoms with E-state index in [1.54, 1.807) is 6.07 Å². The summed E-state index contributed by atoms with van der Waals surface area (Å²) in [4.78, 5) is 2.48. The van der Waals surface area contributed by atoms with Gasteiger partial charge in [0.25, 0.3) is 0 Å². The number of methoxy groups -OCH3 is 1. The van der Waals surface area contributed by atoms with Crippen LogP contribution in [0.2, 0.25) is 0 Å². The fourth-order valence-corrected chi connectivity index (χ4v) is 3.70. The highest BCUT2D eigenvalue weighted by Crippen LogP contribution is 2.37. The van der Waals surface area contributed by atoms with Gasteiger partial charge in [0.1, 0.15) is 0 Å². The van der Waals surface area contributed by atoms with Gasteiger partial charge in [0, 0.05) is 37.3 Å². The summed E-state index contributed by atoms with van der Waals surface area (Å²) in [5.41, 5.74) is 0.992. The van der Waals surface area contributed by atoms with E-state index in [1.165, 1.54) is 32.8 Å². The minimum absolute atomic E-state index is 0.207. The molecule has 1 N–H and O–H groups in total. The van der Waals surface area contributed by atoms with Crippen LogP contribution in [0.3, 0.4) is 0 Å². The van der Waals surface area contributed by atoms with Gasteiger partial charge in [0.05, 0.1) is 7.11 Å². The molecular weight excluding hydrogens is 255 g/mol. The summed E-state index contributed by atoms with van der Waals surface area (Å²) in [6.07, 6.45) is 5.04. The lowest BCUT2D eigenvalue weighted by Gasteiger charge is -2.45. The van der Waals surface area contributed by atoms with Crippen LogP contribution in [-0.4, -0.2) is 37.2 Å². The quantitative estimate of drug-likeness (QED) is 0.919. The second-order valence-corrected chi connectivity index (χ2v) is 5.96. The molecule has 20 heavy (non-hydrogen) atoms. The first kappa shape index (κ1) is 13.8. The van der Waals surface area contributed by atoms with Gasteiger partial charge in [-0.25, -0.2) is 4.39 Å². The molecule has 1 aromatic rings. The molecule has 1 aliphatic heterocycles. The number of benzene rings is 1. The molecule has 1 saturated heterocycles. The average molecular weight is 278 g/mol. The third-order valence-corrected chi connectivity index (χ3v) is 4.84. The summed E-state index contributed by atoms with van der Waals surface area (Å²) in [5, 5.41) is 3.51. The zero-order valence-electron chi connectivity index (χ0n) is 12.1. The highest BCUT2D eigenvalue weighted by molar-refractivity contribution is 5.31. The zero-order valence-corrected chi connectivity index (χ0v) is 12.1. The summed E-state index contributed by atoms with van der Waals surface area (Å²) >= 11 is 0. The zero-order chi connectivity index (χ0) is 14.0. The van der Waals surface area contributed by atoms with Crippen LogP contribution in [0.25, 0.3) is 0 Å². The Morgan fingerprint density at radius 3 is 2.90 bits per heavy atom. The van der Waals surface area contributed by atoms with Crippen molar-refractivity contribution in [3.63, 3.8) is 0 Å². The van der Waals surface area contributed by atoms with Crippen LogP contribution >= 0.6 is 0 Å². The van der Waals surface area contributed by atoms with Gasteiger partial charge >= 0.3 is 0 Å². The summed E-state index contributed by atoms with van der Waals surface area (Å²) in [6, 6.07) is 5.44. The summed E-state index contributed by atoms with van der Waals surface area (Å²) in [7, 11) is 1.52. The lowest BCUT2D eigenvalue weighted by molar-refractivity contribution is 0.0561.